The smallest absolute Gasteiger partial charge is 0.191 e. The summed E-state index contributed by atoms with van der Waals surface area (Å²) >= 11 is 0. The van der Waals surface area contributed by atoms with Gasteiger partial charge in [-0.2, -0.15) is 0 Å². The van der Waals surface area contributed by atoms with Gasteiger partial charge in [0.05, 0.1) is 19.8 Å². The highest BCUT2D eigenvalue weighted by molar-refractivity contribution is 5.79. The van der Waals surface area contributed by atoms with Crippen LogP contribution in [-0.4, -0.2) is 64.2 Å². The Bertz CT molecular complexity index is 266. The number of aliphatic imine (C=N–C) groups is 1. The lowest BCUT2D eigenvalue weighted by molar-refractivity contribution is 0.131. The van der Waals surface area contributed by atoms with E-state index in [-0.39, 0.29) is 12.0 Å². The van der Waals surface area contributed by atoms with Crippen LogP contribution >= 0.6 is 0 Å². The van der Waals surface area contributed by atoms with Crippen molar-refractivity contribution < 1.29 is 14.6 Å². The van der Waals surface area contributed by atoms with Crippen LogP contribution in [0.2, 0.25) is 0 Å². The fourth-order valence-electron chi connectivity index (χ4n) is 2.15. The molecule has 6 nitrogen and oxygen atoms in total. The second-order valence-electron chi connectivity index (χ2n) is 4.89. The highest BCUT2D eigenvalue weighted by atomic mass is 16.5. The standard InChI is InChI=1S/C13H27N3O3/c1-3-14-12(15-6-9-18-2)16-10-13(4-7-17)5-8-19-11-13/h17H,3-11H2,1-2H3,(H2,14,15,16). The summed E-state index contributed by atoms with van der Waals surface area (Å²) in [5.74, 6) is 0.795. The summed E-state index contributed by atoms with van der Waals surface area (Å²) in [6.45, 7) is 6.55. The van der Waals surface area contributed by atoms with Crippen molar-refractivity contribution in [3.8, 4) is 0 Å². The fourth-order valence-corrected chi connectivity index (χ4v) is 2.15. The highest BCUT2D eigenvalue weighted by Gasteiger charge is 2.34. The Morgan fingerprint density at radius 3 is 2.89 bits per heavy atom. The van der Waals surface area contributed by atoms with Crippen LogP contribution in [0.1, 0.15) is 19.8 Å². The van der Waals surface area contributed by atoms with Crippen molar-refractivity contribution in [2.45, 2.75) is 19.8 Å². The number of nitrogens with zero attached hydrogens (tertiary/aromatic N) is 1. The van der Waals surface area contributed by atoms with Crippen molar-refractivity contribution in [3.05, 3.63) is 0 Å². The van der Waals surface area contributed by atoms with Gasteiger partial charge < -0.3 is 25.2 Å². The van der Waals surface area contributed by atoms with Crippen LogP contribution < -0.4 is 10.6 Å². The average molecular weight is 273 g/mol. The van der Waals surface area contributed by atoms with Gasteiger partial charge >= 0.3 is 0 Å². The number of methoxy groups -OCH3 is 1. The first-order valence-corrected chi connectivity index (χ1v) is 6.96. The molecule has 6 heteroatoms. The van der Waals surface area contributed by atoms with Crippen LogP contribution in [0, 0.1) is 5.41 Å². The molecule has 0 aliphatic carbocycles. The Morgan fingerprint density at radius 2 is 2.32 bits per heavy atom. The molecule has 3 N–H and O–H groups in total. The largest absolute Gasteiger partial charge is 0.396 e. The summed E-state index contributed by atoms with van der Waals surface area (Å²) in [4.78, 5) is 4.61. The molecule has 1 rings (SSSR count). The molecular weight excluding hydrogens is 246 g/mol. The van der Waals surface area contributed by atoms with E-state index in [4.69, 9.17) is 9.47 Å². The van der Waals surface area contributed by atoms with Crippen LogP contribution in [0.5, 0.6) is 0 Å². The number of nitrogens with one attached hydrogen (secondary N) is 2. The highest BCUT2D eigenvalue weighted by Crippen LogP contribution is 2.32. The maximum atomic E-state index is 9.18. The second kappa shape index (κ2) is 9.12. The number of aliphatic hydroxyl groups is 1. The molecule has 112 valence electrons. The zero-order chi connectivity index (χ0) is 14.0. The van der Waals surface area contributed by atoms with Crippen molar-refractivity contribution in [3.63, 3.8) is 0 Å². The molecule has 0 aromatic carbocycles. The minimum absolute atomic E-state index is 0.00163. The van der Waals surface area contributed by atoms with E-state index in [1.165, 1.54) is 0 Å². The summed E-state index contributed by atoms with van der Waals surface area (Å²) in [5, 5.41) is 15.6. The van der Waals surface area contributed by atoms with Crippen LogP contribution in [0.25, 0.3) is 0 Å². The van der Waals surface area contributed by atoms with E-state index in [1.807, 2.05) is 6.92 Å². The lowest BCUT2D eigenvalue weighted by atomic mass is 9.84. The molecule has 0 spiro atoms. The van der Waals surface area contributed by atoms with E-state index >= 15 is 0 Å². The summed E-state index contributed by atoms with van der Waals surface area (Å²) < 4.78 is 10.5. The SMILES string of the molecule is CCNC(=NCC1(CCO)CCOC1)NCCOC. The third-order valence-electron chi connectivity index (χ3n) is 3.34. The molecule has 0 amide bonds. The van der Waals surface area contributed by atoms with Gasteiger partial charge in [-0.25, -0.2) is 0 Å². The first-order valence-electron chi connectivity index (χ1n) is 6.96. The van der Waals surface area contributed by atoms with Gasteiger partial charge in [0.1, 0.15) is 0 Å². The van der Waals surface area contributed by atoms with Crippen molar-refractivity contribution in [2.75, 3.05) is 53.2 Å². The Labute approximate surface area is 115 Å². The molecule has 1 aliphatic rings. The lowest BCUT2D eigenvalue weighted by Crippen LogP contribution is -2.40. The number of aliphatic hydroxyl groups excluding tert-OH is 1. The van der Waals surface area contributed by atoms with Crippen LogP contribution in [-0.2, 0) is 9.47 Å². The molecule has 0 bridgehead atoms. The van der Waals surface area contributed by atoms with Gasteiger partial charge in [-0.15, -0.1) is 0 Å². The summed E-state index contributed by atoms with van der Waals surface area (Å²) in [6, 6.07) is 0. The predicted octanol–water partition coefficient (Wildman–Crippen LogP) is -0.0230. The summed E-state index contributed by atoms with van der Waals surface area (Å²) in [5.41, 5.74) is -0.00163. The third kappa shape index (κ3) is 5.76. The van der Waals surface area contributed by atoms with E-state index in [1.54, 1.807) is 7.11 Å². The summed E-state index contributed by atoms with van der Waals surface area (Å²) in [7, 11) is 1.68. The molecule has 0 saturated carbocycles. The molecule has 0 aromatic rings. The molecule has 1 aliphatic heterocycles. The van der Waals surface area contributed by atoms with Gasteiger partial charge in [0.25, 0.3) is 0 Å². The molecule has 1 fully saturated rings. The van der Waals surface area contributed by atoms with E-state index in [2.05, 4.69) is 15.6 Å². The Balaban J connectivity index is 2.51. The molecule has 1 heterocycles. The average Bonchev–Trinajstić information content (AvgIpc) is 2.86. The topological polar surface area (TPSA) is 75.1 Å². The zero-order valence-electron chi connectivity index (χ0n) is 12.1. The molecule has 19 heavy (non-hydrogen) atoms. The summed E-state index contributed by atoms with van der Waals surface area (Å²) in [6.07, 6.45) is 1.71. The number of ether oxygens (including phenoxy) is 2. The van der Waals surface area contributed by atoms with Crippen molar-refractivity contribution >= 4 is 5.96 Å². The number of hydrogen-bond acceptors (Lipinski definition) is 4. The van der Waals surface area contributed by atoms with Crippen molar-refractivity contribution in [1.82, 2.24) is 10.6 Å². The van der Waals surface area contributed by atoms with E-state index in [0.29, 0.717) is 19.8 Å². The van der Waals surface area contributed by atoms with Gasteiger partial charge in [0.15, 0.2) is 5.96 Å². The van der Waals surface area contributed by atoms with Crippen LogP contribution in [0.4, 0.5) is 0 Å². The molecule has 1 saturated heterocycles. The fraction of sp³-hybridized carbons (Fsp3) is 0.923. The number of hydrogen-bond donors (Lipinski definition) is 3. The molecule has 0 aromatic heterocycles. The Kier molecular flexibility index (Phi) is 7.78. The normalized spacial score (nSPS) is 23.6. The number of guanidine groups is 1. The first-order chi connectivity index (χ1) is 9.26. The van der Waals surface area contributed by atoms with Crippen LogP contribution in [0.3, 0.4) is 0 Å². The van der Waals surface area contributed by atoms with Crippen molar-refractivity contribution in [2.24, 2.45) is 10.4 Å². The van der Waals surface area contributed by atoms with Gasteiger partial charge in [-0.1, -0.05) is 0 Å². The van der Waals surface area contributed by atoms with E-state index in [9.17, 15) is 5.11 Å². The third-order valence-corrected chi connectivity index (χ3v) is 3.34. The van der Waals surface area contributed by atoms with Gasteiger partial charge in [-0.05, 0) is 19.8 Å². The molecule has 1 atom stereocenters. The van der Waals surface area contributed by atoms with Gasteiger partial charge in [0.2, 0.25) is 0 Å². The maximum absolute atomic E-state index is 9.18. The number of rotatable bonds is 8. The molecule has 0 radical (unpaired) electrons. The minimum Gasteiger partial charge on any atom is -0.396 e. The molecule has 1 unspecified atom stereocenters. The molecular formula is C13H27N3O3. The van der Waals surface area contributed by atoms with Crippen molar-refractivity contribution in [1.29, 1.82) is 0 Å². The van der Waals surface area contributed by atoms with E-state index < -0.39 is 0 Å². The maximum Gasteiger partial charge on any atom is 0.191 e. The minimum atomic E-state index is -0.00163. The monoisotopic (exact) mass is 273 g/mol. The Morgan fingerprint density at radius 1 is 1.47 bits per heavy atom. The van der Waals surface area contributed by atoms with Gasteiger partial charge in [-0.3, -0.25) is 4.99 Å². The zero-order valence-corrected chi connectivity index (χ0v) is 12.1. The quantitative estimate of drug-likeness (QED) is 0.329. The van der Waals surface area contributed by atoms with Crippen LogP contribution in [0.15, 0.2) is 4.99 Å². The van der Waals surface area contributed by atoms with E-state index in [0.717, 1.165) is 38.5 Å². The first kappa shape index (κ1) is 16.2. The Hall–Kier alpha value is -0.850. The second-order valence-corrected chi connectivity index (χ2v) is 4.89. The van der Waals surface area contributed by atoms with Gasteiger partial charge in [0, 0.05) is 38.8 Å². The lowest BCUT2D eigenvalue weighted by Gasteiger charge is -2.24. The predicted molar refractivity (Wildman–Crippen MR) is 75.4 cm³/mol.